The number of nitrogens with zero attached hydrogens (tertiary/aromatic N) is 4. The number of aromatic nitrogens is 4. The van der Waals surface area contributed by atoms with Crippen molar-refractivity contribution in [2.24, 2.45) is 7.05 Å². The van der Waals surface area contributed by atoms with Crippen molar-refractivity contribution < 1.29 is 4.79 Å². The number of aryl methyl sites for hydroxylation is 2. The molecule has 6 nitrogen and oxygen atoms in total. The molecule has 3 rings (SSSR count). The zero-order valence-electron chi connectivity index (χ0n) is 12.9. The summed E-state index contributed by atoms with van der Waals surface area (Å²) in [6.45, 7) is 6.86. The fourth-order valence-corrected chi connectivity index (χ4v) is 2.92. The van der Waals surface area contributed by atoms with Gasteiger partial charge in [0.05, 0.1) is 11.9 Å². The summed E-state index contributed by atoms with van der Waals surface area (Å²) in [5, 5.41) is 4.19. The van der Waals surface area contributed by atoms with Gasteiger partial charge in [-0.2, -0.15) is 5.10 Å². The number of likely N-dealkylation sites (tertiary alicyclic amines) is 1. The van der Waals surface area contributed by atoms with E-state index < -0.39 is 0 Å². The molecule has 0 aromatic carbocycles. The lowest BCUT2D eigenvalue weighted by Gasteiger charge is -2.20. The predicted octanol–water partition coefficient (Wildman–Crippen LogP) is 1.84. The van der Waals surface area contributed by atoms with E-state index >= 15 is 0 Å². The largest absolute Gasteiger partial charge is 0.345 e. The Morgan fingerprint density at radius 2 is 2.19 bits per heavy atom. The molecule has 2 aromatic rings. The Hall–Kier alpha value is -2.11. The molecule has 0 bridgehead atoms. The summed E-state index contributed by atoms with van der Waals surface area (Å²) in [4.78, 5) is 22.0. The van der Waals surface area contributed by atoms with Crippen molar-refractivity contribution in [1.29, 1.82) is 0 Å². The molecule has 2 aromatic heterocycles. The minimum absolute atomic E-state index is 0.157. The number of carbonyl (C=O) groups is 1. The zero-order valence-corrected chi connectivity index (χ0v) is 12.9. The number of amides is 1. The van der Waals surface area contributed by atoms with E-state index in [1.54, 1.807) is 4.68 Å². The van der Waals surface area contributed by atoms with Gasteiger partial charge in [-0.1, -0.05) is 0 Å². The van der Waals surface area contributed by atoms with Crippen LogP contribution in [0.5, 0.6) is 0 Å². The van der Waals surface area contributed by atoms with Crippen molar-refractivity contribution >= 4 is 5.91 Å². The Morgan fingerprint density at radius 3 is 2.76 bits per heavy atom. The van der Waals surface area contributed by atoms with Crippen molar-refractivity contribution in [3.05, 3.63) is 23.9 Å². The molecule has 1 atom stereocenters. The number of carbonyl (C=O) groups excluding carboxylic acids is 1. The highest BCUT2D eigenvalue weighted by molar-refractivity contribution is 5.80. The van der Waals surface area contributed by atoms with E-state index in [9.17, 15) is 4.79 Å². The number of aromatic amines is 1. The lowest BCUT2D eigenvalue weighted by Crippen LogP contribution is -2.31. The summed E-state index contributed by atoms with van der Waals surface area (Å²) in [6, 6.07) is 0.247. The van der Waals surface area contributed by atoms with Crippen molar-refractivity contribution in [2.75, 3.05) is 6.54 Å². The first-order valence-electron chi connectivity index (χ1n) is 7.30. The van der Waals surface area contributed by atoms with Crippen molar-refractivity contribution in [1.82, 2.24) is 24.6 Å². The van der Waals surface area contributed by atoms with E-state index in [0.29, 0.717) is 6.42 Å². The number of hydrogen-bond acceptors (Lipinski definition) is 3. The van der Waals surface area contributed by atoms with Gasteiger partial charge in [0.2, 0.25) is 5.91 Å². The fraction of sp³-hybridized carbons (Fsp3) is 0.533. The van der Waals surface area contributed by atoms with Crippen LogP contribution in [0.2, 0.25) is 0 Å². The first kappa shape index (κ1) is 13.9. The second-order valence-electron chi connectivity index (χ2n) is 6.04. The molecule has 1 aliphatic rings. The summed E-state index contributed by atoms with van der Waals surface area (Å²) in [5.74, 6) is 1.28. The molecule has 1 amide bonds. The molecule has 1 unspecified atom stereocenters. The van der Waals surface area contributed by atoms with Gasteiger partial charge in [-0.25, -0.2) is 4.98 Å². The minimum Gasteiger partial charge on any atom is -0.345 e. The van der Waals surface area contributed by atoms with E-state index in [4.69, 9.17) is 4.98 Å². The van der Waals surface area contributed by atoms with Gasteiger partial charge in [0, 0.05) is 49.4 Å². The SMILES string of the molecule is Cc1[nH]c(C2CC(=O)N(C(C)C)C2)nc1-c1cnn(C)c1. The number of rotatable bonds is 3. The maximum atomic E-state index is 12.0. The van der Waals surface area contributed by atoms with Gasteiger partial charge in [-0.15, -0.1) is 0 Å². The quantitative estimate of drug-likeness (QED) is 0.936. The highest BCUT2D eigenvalue weighted by atomic mass is 16.2. The summed E-state index contributed by atoms with van der Waals surface area (Å²) in [5.41, 5.74) is 2.95. The number of imidazole rings is 1. The third kappa shape index (κ3) is 2.46. The molecule has 0 radical (unpaired) electrons. The van der Waals surface area contributed by atoms with Crippen molar-refractivity contribution in [3.63, 3.8) is 0 Å². The number of hydrogen-bond donors (Lipinski definition) is 1. The highest BCUT2D eigenvalue weighted by Crippen LogP contribution is 2.30. The monoisotopic (exact) mass is 287 g/mol. The average Bonchev–Trinajstić information content (AvgIpc) is 3.08. The molecule has 0 aliphatic carbocycles. The van der Waals surface area contributed by atoms with Gasteiger partial charge in [0.15, 0.2) is 0 Å². The van der Waals surface area contributed by atoms with Crippen LogP contribution in [-0.2, 0) is 11.8 Å². The lowest BCUT2D eigenvalue weighted by atomic mass is 10.1. The van der Waals surface area contributed by atoms with Gasteiger partial charge in [-0.3, -0.25) is 9.48 Å². The molecule has 0 spiro atoms. The van der Waals surface area contributed by atoms with Crippen LogP contribution in [-0.4, -0.2) is 43.1 Å². The Balaban J connectivity index is 1.87. The second kappa shape index (κ2) is 5.02. The van der Waals surface area contributed by atoms with Gasteiger partial charge >= 0.3 is 0 Å². The van der Waals surface area contributed by atoms with Crippen LogP contribution in [0.3, 0.4) is 0 Å². The molecule has 1 N–H and O–H groups in total. The topological polar surface area (TPSA) is 66.8 Å². The van der Waals surface area contributed by atoms with Gasteiger partial charge in [0.1, 0.15) is 5.82 Å². The molecule has 21 heavy (non-hydrogen) atoms. The van der Waals surface area contributed by atoms with E-state index in [0.717, 1.165) is 29.3 Å². The number of nitrogens with one attached hydrogen (secondary N) is 1. The van der Waals surface area contributed by atoms with E-state index in [1.165, 1.54) is 0 Å². The van der Waals surface area contributed by atoms with Gasteiger partial charge < -0.3 is 9.88 Å². The van der Waals surface area contributed by atoms with E-state index in [1.807, 2.05) is 31.3 Å². The third-order valence-corrected chi connectivity index (χ3v) is 4.05. The smallest absolute Gasteiger partial charge is 0.223 e. The van der Waals surface area contributed by atoms with Gasteiger partial charge in [-0.05, 0) is 20.8 Å². The molecular formula is C15H21N5O. The highest BCUT2D eigenvalue weighted by Gasteiger charge is 2.34. The van der Waals surface area contributed by atoms with Crippen molar-refractivity contribution in [3.8, 4) is 11.3 Å². The van der Waals surface area contributed by atoms with Gasteiger partial charge in [0.25, 0.3) is 0 Å². The number of H-pyrrole nitrogens is 1. The first-order chi connectivity index (χ1) is 9.95. The molecule has 1 fully saturated rings. The predicted molar refractivity (Wildman–Crippen MR) is 79.7 cm³/mol. The summed E-state index contributed by atoms with van der Waals surface area (Å²) < 4.78 is 1.77. The maximum absolute atomic E-state index is 12.0. The minimum atomic E-state index is 0.157. The summed E-state index contributed by atoms with van der Waals surface area (Å²) >= 11 is 0. The van der Waals surface area contributed by atoms with Crippen LogP contribution in [0.15, 0.2) is 12.4 Å². The Labute approximate surface area is 124 Å². The maximum Gasteiger partial charge on any atom is 0.223 e. The van der Waals surface area contributed by atoms with Crippen LogP contribution in [0.1, 0.15) is 37.7 Å². The van der Waals surface area contributed by atoms with Crippen LogP contribution in [0.25, 0.3) is 11.3 Å². The molecule has 112 valence electrons. The Bertz CT molecular complexity index is 669. The molecule has 3 heterocycles. The molecule has 1 saturated heterocycles. The zero-order chi connectivity index (χ0) is 15.1. The molecular weight excluding hydrogens is 266 g/mol. The lowest BCUT2D eigenvalue weighted by molar-refractivity contribution is -0.129. The molecule has 6 heteroatoms. The first-order valence-corrected chi connectivity index (χ1v) is 7.30. The summed E-state index contributed by atoms with van der Waals surface area (Å²) in [7, 11) is 1.89. The Morgan fingerprint density at radius 1 is 1.43 bits per heavy atom. The van der Waals surface area contributed by atoms with Crippen molar-refractivity contribution in [2.45, 2.75) is 39.2 Å². The van der Waals surface area contributed by atoms with E-state index in [-0.39, 0.29) is 17.9 Å². The summed E-state index contributed by atoms with van der Waals surface area (Å²) in [6.07, 6.45) is 4.30. The second-order valence-corrected chi connectivity index (χ2v) is 6.04. The van der Waals surface area contributed by atoms with Crippen LogP contribution >= 0.6 is 0 Å². The average molecular weight is 287 g/mol. The van der Waals surface area contributed by atoms with E-state index in [2.05, 4.69) is 23.9 Å². The normalized spacial score (nSPS) is 19.0. The Kier molecular flexibility index (Phi) is 3.31. The standard InChI is InChI=1S/C15H21N5O/c1-9(2)20-8-11(5-13(20)21)15-17-10(3)14(18-15)12-6-16-19(4)7-12/h6-7,9,11H,5,8H2,1-4H3,(H,17,18). The molecule has 0 saturated carbocycles. The van der Waals surface area contributed by atoms with Crippen LogP contribution in [0, 0.1) is 6.92 Å². The fourth-order valence-electron chi connectivity index (χ4n) is 2.92. The third-order valence-electron chi connectivity index (χ3n) is 4.05. The van der Waals surface area contributed by atoms with Crippen LogP contribution in [0.4, 0.5) is 0 Å². The van der Waals surface area contributed by atoms with Crippen LogP contribution < -0.4 is 0 Å². The molecule has 1 aliphatic heterocycles.